The fourth-order valence-corrected chi connectivity index (χ4v) is 2.74. The first kappa shape index (κ1) is 15.3. The van der Waals surface area contributed by atoms with E-state index in [0.717, 1.165) is 25.9 Å². The number of hydrogen-bond acceptors (Lipinski definition) is 4. The van der Waals surface area contributed by atoms with Gasteiger partial charge in [-0.15, -0.1) is 0 Å². The van der Waals surface area contributed by atoms with Crippen LogP contribution >= 0.6 is 0 Å². The number of fused-ring (bicyclic) bond motifs is 1. The van der Waals surface area contributed by atoms with Gasteiger partial charge in [-0.2, -0.15) is 0 Å². The summed E-state index contributed by atoms with van der Waals surface area (Å²) >= 11 is 0. The van der Waals surface area contributed by atoms with Gasteiger partial charge in [0.05, 0.1) is 12.7 Å². The number of anilines is 1. The Kier molecular flexibility index (Phi) is 5.40. The zero-order chi connectivity index (χ0) is 14.5. The summed E-state index contributed by atoms with van der Waals surface area (Å²) in [5.41, 5.74) is 3.86. The quantitative estimate of drug-likeness (QED) is 0.707. The second kappa shape index (κ2) is 7.07. The molecular weight excluding hydrogens is 252 g/mol. The normalized spacial score (nSPS) is 17.1. The molecule has 1 heterocycles. The van der Waals surface area contributed by atoms with E-state index in [-0.39, 0.29) is 6.61 Å². The van der Waals surface area contributed by atoms with Crippen LogP contribution in [-0.2, 0) is 6.42 Å². The molecule has 2 atom stereocenters. The average Bonchev–Trinajstić information content (AvgIpc) is 2.86. The molecule has 4 heteroatoms. The SMILES string of the molecule is CCCNC(C)c1ccc2c(c1)CCN2CC(O)CO. The largest absolute Gasteiger partial charge is 0.394 e. The number of nitrogens with one attached hydrogen (secondary N) is 1. The van der Waals surface area contributed by atoms with E-state index in [2.05, 4.69) is 42.3 Å². The van der Waals surface area contributed by atoms with Crippen molar-refractivity contribution >= 4 is 5.69 Å². The molecule has 0 radical (unpaired) electrons. The molecule has 2 unspecified atom stereocenters. The van der Waals surface area contributed by atoms with Crippen molar-refractivity contribution in [2.24, 2.45) is 0 Å². The third-order valence-electron chi connectivity index (χ3n) is 3.94. The number of β-amino-alcohol motifs (C(OH)–C–C–N with tert-alkyl or cyclic N) is 1. The number of benzene rings is 1. The highest BCUT2D eigenvalue weighted by Gasteiger charge is 2.21. The van der Waals surface area contributed by atoms with Gasteiger partial charge in [0.1, 0.15) is 0 Å². The first-order chi connectivity index (χ1) is 9.65. The molecule has 1 aliphatic rings. The standard InChI is InChI=1S/C16H26N2O2/c1-3-7-17-12(2)13-4-5-16-14(9-13)6-8-18(16)10-15(20)11-19/h4-5,9,12,15,17,19-20H,3,6-8,10-11H2,1-2H3. The molecule has 1 aromatic carbocycles. The second-order valence-corrected chi connectivity index (χ2v) is 5.60. The Morgan fingerprint density at radius 1 is 1.40 bits per heavy atom. The average molecular weight is 278 g/mol. The van der Waals surface area contributed by atoms with Gasteiger partial charge < -0.3 is 20.4 Å². The Morgan fingerprint density at radius 2 is 2.20 bits per heavy atom. The molecule has 0 fully saturated rings. The first-order valence-electron chi connectivity index (χ1n) is 7.55. The van der Waals surface area contributed by atoms with Gasteiger partial charge in [-0.05, 0) is 43.5 Å². The van der Waals surface area contributed by atoms with Crippen LogP contribution in [0, 0.1) is 0 Å². The van der Waals surface area contributed by atoms with Crippen molar-refractivity contribution in [3.05, 3.63) is 29.3 Å². The smallest absolute Gasteiger partial charge is 0.0945 e. The number of aliphatic hydroxyl groups excluding tert-OH is 2. The van der Waals surface area contributed by atoms with Crippen LogP contribution < -0.4 is 10.2 Å². The van der Waals surface area contributed by atoms with Gasteiger partial charge in [-0.3, -0.25) is 0 Å². The maximum Gasteiger partial charge on any atom is 0.0945 e. The van der Waals surface area contributed by atoms with Crippen molar-refractivity contribution in [1.82, 2.24) is 5.32 Å². The molecule has 1 aromatic rings. The van der Waals surface area contributed by atoms with Crippen molar-refractivity contribution in [3.8, 4) is 0 Å². The van der Waals surface area contributed by atoms with Crippen molar-refractivity contribution < 1.29 is 10.2 Å². The van der Waals surface area contributed by atoms with Gasteiger partial charge in [0.15, 0.2) is 0 Å². The van der Waals surface area contributed by atoms with E-state index in [1.165, 1.54) is 16.8 Å². The molecule has 0 saturated carbocycles. The van der Waals surface area contributed by atoms with Crippen LogP contribution in [-0.4, -0.2) is 42.6 Å². The highest BCUT2D eigenvalue weighted by Crippen LogP contribution is 2.30. The second-order valence-electron chi connectivity index (χ2n) is 5.60. The van der Waals surface area contributed by atoms with E-state index in [1.807, 2.05) is 0 Å². The Bertz CT molecular complexity index is 436. The van der Waals surface area contributed by atoms with Gasteiger partial charge in [-0.1, -0.05) is 19.1 Å². The predicted octanol–water partition coefficient (Wildman–Crippen LogP) is 1.46. The van der Waals surface area contributed by atoms with Crippen LogP contribution in [0.1, 0.15) is 37.4 Å². The van der Waals surface area contributed by atoms with Gasteiger partial charge in [0.2, 0.25) is 0 Å². The van der Waals surface area contributed by atoms with E-state index in [4.69, 9.17) is 5.11 Å². The zero-order valence-electron chi connectivity index (χ0n) is 12.5. The van der Waals surface area contributed by atoms with Gasteiger partial charge in [0.25, 0.3) is 0 Å². The summed E-state index contributed by atoms with van der Waals surface area (Å²) in [7, 11) is 0. The predicted molar refractivity (Wildman–Crippen MR) is 82.2 cm³/mol. The van der Waals surface area contributed by atoms with E-state index in [1.54, 1.807) is 0 Å². The van der Waals surface area contributed by atoms with E-state index >= 15 is 0 Å². The minimum atomic E-state index is -0.661. The Balaban J connectivity index is 2.06. The highest BCUT2D eigenvalue weighted by atomic mass is 16.3. The Morgan fingerprint density at radius 3 is 2.90 bits per heavy atom. The van der Waals surface area contributed by atoms with Crippen LogP contribution in [0.2, 0.25) is 0 Å². The molecule has 0 spiro atoms. The summed E-state index contributed by atoms with van der Waals surface area (Å²) in [5.74, 6) is 0. The molecule has 3 N–H and O–H groups in total. The fourth-order valence-electron chi connectivity index (χ4n) is 2.74. The molecule has 0 aliphatic carbocycles. The molecule has 0 aromatic heterocycles. The molecule has 112 valence electrons. The number of hydrogen-bond donors (Lipinski definition) is 3. The van der Waals surface area contributed by atoms with Crippen molar-refractivity contribution in [3.63, 3.8) is 0 Å². The minimum absolute atomic E-state index is 0.179. The van der Waals surface area contributed by atoms with E-state index in [9.17, 15) is 5.11 Å². The van der Waals surface area contributed by atoms with Crippen molar-refractivity contribution in [1.29, 1.82) is 0 Å². The van der Waals surface area contributed by atoms with Crippen molar-refractivity contribution in [2.45, 2.75) is 38.8 Å². The summed E-state index contributed by atoms with van der Waals surface area (Å²) < 4.78 is 0. The van der Waals surface area contributed by atoms with Crippen LogP contribution in [0.3, 0.4) is 0 Å². The van der Waals surface area contributed by atoms with Gasteiger partial charge in [0, 0.05) is 24.8 Å². The molecular formula is C16H26N2O2. The summed E-state index contributed by atoms with van der Waals surface area (Å²) in [6.07, 6.45) is 1.50. The monoisotopic (exact) mass is 278 g/mol. The number of aliphatic hydroxyl groups is 2. The summed E-state index contributed by atoms with van der Waals surface area (Å²) in [4.78, 5) is 2.16. The molecule has 0 amide bonds. The highest BCUT2D eigenvalue weighted by molar-refractivity contribution is 5.59. The lowest BCUT2D eigenvalue weighted by molar-refractivity contribution is 0.100. The molecule has 20 heavy (non-hydrogen) atoms. The summed E-state index contributed by atoms with van der Waals surface area (Å²) in [6, 6.07) is 6.95. The Hall–Kier alpha value is -1.10. The zero-order valence-corrected chi connectivity index (χ0v) is 12.5. The maximum atomic E-state index is 9.58. The summed E-state index contributed by atoms with van der Waals surface area (Å²) in [5, 5.41) is 22.0. The molecule has 2 rings (SSSR count). The maximum absolute atomic E-state index is 9.58. The summed E-state index contributed by atoms with van der Waals surface area (Å²) in [6.45, 7) is 6.65. The third kappa shape index (κ3) is 3.51. The van der Waals surface area contributed by atoms with Gasteiger partial charge >= 0.3 is 0 Å². The van der Waals surface area contributed by atoms with Crippen molar-refractivity contribution in [2.75, 3.05) is 31.1 Å². The molecule has 0 bridgehead atoms. The first-order valence-corrected chi connectivity index (χ1v) is 7.55. The van der Waals surface area contributed by atoms with E-state index < -0.39 is 6.10 Å². The van der Waals surface area contributed by atoms with Crippen LogP contribution in [0.15, 0.2) is 18.2 Å². The number of nitrogens with zero attached hydrogens (tertiary/aromatic N) is 1. The van der Waals surface area contributed by atoms with Gasteiger partial charge in [-0.25, -0.2) is 0 Å². The lowest BCUT2D eigenvalue weighted by Crippen LogP contribution is -2.33. The van der Waals surface area contributed by atoms with Crippen LogP contribution in [0.25, 0.3) is 0 Å². The molecule has 4 nitrogen and oxygen atoms in total. The van der Waals surface area contributed by atoms with Crippen LogP contribution in [0.5, 0.6) is 0 Å². The molecule has 0 saturated heterocycles. The third-order valence-corrected chi connectivity index (χ3v) is 3.94. The lowest BCUT2D eigenvalue weighted by Gasteiger charge is -2.22. The van der Waals surface area contributed by atoms with E-state index in [0.29, 0.717) is 12.6 Å². The number of rotatable bonds is 7. The minimum Gasteiger partial charge on any atom is -0.394 e. The Labute approximate surface area is 121 Å². The van der Waals surface area contributed by atoms with Crippen LogP contribution in [0.4, 0.5) is 5.69 Å². The molecule has 1 aliphatic heterocycles. The fraction of sp³-hybridized carbons (Fsp3) is 0.625. The topological polar surface area (TPSA) is 55.7 Å². The lowest BCUT2D eigenvalue weighted by atomic mass is 10.0.